The Morgan fingerprint density at radius 3 is 1.21 bits per heavy atom. The molecule has 5 aliphatic carbocycles. The first kappa shape index (κ1) is 46.7. The van der Waals surface area contributed by atoms with Crippen LogP contribution in [0, 0.1) is 23.7 Å². The molecule has 3 saturated carbocycles. The normalized spacial score (nSPS) is 19.1. The number of fused-ring (bicyclic) bond motifs is 2. The molecule has 2 aromatic heterocycles. The van der Waals surface area contributed by atoms with E-state index < -0.39 is 24.3 Å². The van der Waals surface area contributed by atoms with Gasteiger partial charge in [0.05, 0.1) is 50.1 Å². The smallest absolute Gasteiger partial charge is 0.407 e. The summed E-state index contributed by atoms with van der Waals surface area (Å²) in [4.78, 5) is 67.6. The molecule has 5 aliphatic rings. The molecule has 10 rings (SSSR count). The van der Waals surface area contributed by atoms with E-state index in [4.69, 9.17) is 19.4 Å². The molecule has 0 unspecified atom stereocenters. The van der Waals surface area contributed by atoms with Crippen LogP contribution in [-0.4, -0.2) is 70.2 Å². The number of carbonyl (C=O) groups excluding carboxylic acids is 4. The monoisotopic (exact) mass is 923 g/mol. The highest BCUT2D eigenvalue weighted by Gasteiger charge is 2.38. The SMILES string of the molecule is COC(=O)N[C@H](C(=O)N[C@@H](CC1CC1)c1ncc(-c2ccc(-c3ccc(-c4ccc(-c5cnc([C@H](CC6CC6)NC(=O)[C@@H](NC(=O)OC)C(C)C)[nH]5)cc4)c4c3C3CCC4CC3)cc2)[nH]1)C(C)C. The molecular weight excluding hydrogens is 857 g/mol. The van der Waals surface area contributed by atoms with Crippen LogP contribution in [0.3, 0.4) is 0 Å². The van der Waals surface area contributed by atoms with Gasteiger partial charge in [0.2, 0.25) is 11.8 Å². The number of imidazole rings is 2. The summed E-state index contributed by atoms with van der Waals surface area (Å²) in [6, 6.07) is 20.1. The number of nitrogens with zero attached hydrogens (tertiary/aromatic N) is 2. The van der Waals surface area contributed by atoms with E-state index in [1.165, 1.54) is 73.3 Å². The minimum absolute atomic E-state index is 0.127. The summed E-state index contributed by atoms with van der Waals surface area (Å²) in [6.45, 7) is 7.59. The van der Waals surface area contributed by atoms with Gasteiger partial charge in [-0.2, -0.15) is 0 Å². The highest BCUT2D eigenvalue weighted by atomic mass is 16.5. The highest BCUT2D eigenvalue weighted by Crippen LogP contribution is 2.55. The number of methoxy groups -OCH3 is 2. The zero-order valence-electron chi connectivity index (χ0n) is 40.1. The second-order valence-corrected chi connectivity index (χ2v) is 20.3. The summed E-state index contributed by atoms with van der Waals surface area (Å²) in [7, 11) is 2.59. The number of alkyl carbamates (subject to hydrolysis) is 2. The maximum Gasteiger partial charge on any atom is 0.407 e. The number of hydrogen-bond acceptors (Lipinski definition) is 8. The minimum atomic E-state index is -0.729. The fourth-order valence-electron chi connectivity index (χ4n) is 10.5. The van der Waals surface area contributed by atoms with Crippen LogP contribution in [0.25, 0.3) is 44.8 Å². The number of rotatable bonds is 18. The lowest BCUT2D eigenvalue weighted by Gasteiger charge is -2.41. The molecule has 6 N–H and O–H groups in total. The second kappa shape index (κ2) is 20.0. The number of carbonyl (C=O) groups is 4. The van der Waals surface area contributed by atoms with Gasteiger partial charge in [0.25, 0.3) is 0 Å². The van der Waals surface area contributed by atoms with E-state index in [1.54, 1.807) is 0 Å². The molecule has 0 saturated heterocycles. The topological polar surface area (TPSA) is 192 Å². The van der Waals surface area contributed by atoms with Gasteiger partial charge >= 0.3 is 12.2 Å². The van der Waals surface area contributed by atoms with Gasteiger partial charge in [0.1, 0.15) is 23.7 Å². The lowest BCUT2D eigenvalue weighted by atomic mass is 9.63. The number of benzene rings is 3. The lowest BCUT2D eigenvalue weighted by molar-refractivity contribution is -0.125. The van der Waals surface area contributed by atoms with Gasteiger partial charge < -0.3 is 40.7 Å². The Labute approximate surface area is 399 Å². The number of hydrogen-bond donors (Lipinski definition) is 6. The van der Waals surface area contributed by atoms with Gasteiger partial charge in [-0.15, -0.1) is 0 Å². The van der Waals surface area contributed by atoms with Crippen molar-refractivity contribution < 1.29 is 28.7 Å². The third-order valence-corrected chi connectivity index (χ3v) is 14.7. The maximum atomic E-state index is 13.5. The van der Waals surface area contributed by atoms with E-state index >= 15 is 0 Å². The second-order valence-electron chi connectivity index (χ2n) is 20.3. The lowest BCUT2D eigenvalue weighted by Crippen LogP contribution is -2.50. The molecule has 68 heavy (non-hydrogen) atoms. The molecule has 0 aliphatic heterocycles. The van der Waals surface area contributed by atoms with Crippen LogP contribution in [0.4, 0.5) is 9.59 Å². The van der Waals surface area contributed by atoms with E-state index in [-0.39, 0.29) is 35.7 Å². The van der Waals surface area contributed by atoms with Gasteiger partial charge in [-0.05, 0) is 119 Å². The molecule has 3 fully saturated rings. The van der Waals surface area contributed by atoms with Crippen molar-refractivity contribution >= 4 is 24.0 Å². The Bertz CT molecular complexity index is 2420. The van der Waals surface area contributed by atoms with Crippen molar-refractivity contribution in [1.82, 2.24) is 41.2 Å². The molecule has 4 atom stereocenters. The number of aromatic amines is 2. The number of ether oxygens (including phenoxy) is 2. The highest BCUT2D eigenvalue weighted by molar-refractivity contribution is 5.87. The summed E-state index contributed by atoms with van der Waals surface area (Å²) < 4.78 is 9.57. The average Bonchev–Trinajstić information content (AvgIpc) is 4.25. The Hall–Kier alpha value is -6.44. The predicted molar refractivity (Wildman–Crippen MR) is 261 cm³/mol. The van der Waals surface area contributed by atoms with Crippen LogP contribution in [0.1, 0.15) is 139 Å². The first-order chi connectivity index (χ1) is 32.9. The molecule has 14 nitrogen and oxygen atoms in total. The molecule has 5 aromatic rings. The maximum absolute atomic E-state index is 13.5. The molecule has 0 radical (unpaired) electrons. The van der Waals surface area contributed by atoms with E-state index in [0.717, 1.165) is 61.0 Å². The number of aromatic nitrogens is 4. The van der Waals surface area contributed by atoms with E-state index in [0.29, 0.717) is 35.3 Å². The van der Waals surface area contributed by atoms with Crippen molar-refractivity contribution in [2.75, 3.05) is 14.2 Å². The first-order valence-electron chi connectivity index (χ1n) is 24.6. The summed E-state index contributed by atoms with van der Waals surface area (Å²) in [6.07, 6.45) is 13.4. The van der Waals surface area contributed by atoms with Gasteiger partial charge in [-0.1, -0.05) is 114 Å². The zero-order valence-corrected chi connectivity index (χ0v) is 40.1. The number of H-pyrrole nitrogens is 2. The molecule has 2 bridgehead atoms. The molecule has 14 heteroatoms. The van der Waals surface area contributed by atoms with Crippen LogP contribution >= 0.6 is 0 Å². The Morgan fingerprint density at radius 1 is 0.529 bits per heavy atom. The summed E-state index contributed by atoms with van der Waals surface area (Å²) in [5, 5.41) is 11.7. The molecule has 3 aromatic carbocycles. The summed E-state index contributed by atoms with van der Waals surface area (Å²) in [5.74, 6) is 2.76. The van der Waals surface area contributed by atoms with Crippen LogP contribution in [-0.2, 0) is 19.1 Å². The molecule has 2 heterocycles. The molecule has 4 amide bonds. The summed E-state index contributed by atoms with van der Waals surface area (Å²) >= 11 is 0. The summed E-state index contributed by atoms with van der Waals surface area (Å²) in [5.41, 5.74) is 11.8. The molecule has 358 valence electrons. The predicted octanol–water partition coefficient (Wildman–Crippen LogP) is 10.2. The van der Waals surface area contributed by atoms with Crippen molar-refractivity contribution in [3.05, 3.63) is 95.8 Å². The first-order valence-corrected chi connectivity index (χ1v) is 24.6. The van der Waals surface area contributed by atoms with Gasteiger partial charge in [0.15, 0.2) is 0 Å². The molecule has 0 spiro atoms. The fraction of sp³-hybridized carbons (Fsp3) is 0.481. The Balaban J connectivity index is 0.923. The quantitative estimate of drug-likeness (QED) is 0.0500. The van der Waals surface area contributed by atoms with E-state index in [9.17, 15) is 19.2 Å². The van der Waals surface area contributed by atoms with Crippen LogP contribution in [0.5, 0.6) is 0 Å². The van der Waals surface area contributed by atoms with Crippen molar-refractivity contribution in [1.29, 1.82) is 0 Å². The van der Waals surface area contributed by atoms with Crippen molar-refractivity contribution in [2.45, 2.75) is 128 Å². The van der Waals surface area contributed by atoms with Crippen LogP contribution in [0.15, 0.2) is 73.1 Å². The van der Waals surface area contributed by atoms with Crippen molar-refractivity contribution in [2.24, 2.45) is 23.7 Å². The van der Waals surface area contributed by atoms with E-state index in [2.05, 4.69) is 91.9 Å². The Kier molecular flexibility index (Phi) is 13.7. The molecular formula is C54H66N8O6. The third-order valence-electron chi connectivity index (χ3n) is 14.7. The zero-order chi connectivity index (χ0) is 47.6. The largest absolute Gasteiger partial charge is 0.453 e. The van der Waals surface area contributed by atoms with Gasteiger partial charge in [-0.3, -0.25) is 9.59 Å². The standard InChI is InChI=1S/C54H66N8O6/c1-29(2)47(61-53(65)67-5)51(63)59-41(25-31-7-8-31)49-55-27-43(57-49)35-15-11-33(12-16-35)39-23-24-40(46-38-21-19-37(20-22-38)45(39)46)34-13-17-36(18-14-34)44-28-56-50(58-44)42(26-32-9-10-32)60-52(64)48(30(3)4)62-54(66)68-6/h11-18,23-24,27-32,37-38,41-42,47-48H,7-10,19-22,25-26H2,1-6H3,(H,55,57)(H,56,58)(H,59,63)(H,60,64)(H,61,65)(H,62,66)/t37?,38?,41-,42-,47-,48-/m0/s1. The van der Waals surface area contributed by atoms with Gasteiger partial charge in [0, 0.05) is 0 Å². The van der Waals surface area contributed by atoms with Crippen molar-refractivity contribution in [3.63, 3.8) is 0 Å². The fourth-order valence-corrected chi connectivity index (χ4v) is 10.5. The van der Waals surface area contributed by atoms with E-state index in [1.807, 2.05) is 40.1 Å². The number of amides is 4. The van der Waals surface area contributed by atoms with Gasteiger partial charge in [-0.25, -0.2) is 19.6 Å². The van der Waals surface area contributed by atoms with Crippen LogP contribution < -0.4 is 21.3 Å². The van der Waals surface area contributed by atoms with Crippen LogP contribution in [0.2, 0.25) is 0 Å². The average molecular weight is 923 g/mol. The number of nitrogens with one attached hydrogen (secondary N) is 6. The Morgan fingerprint density at radius 2 is 0.882 bits per heavy atom. The minimum Gasteiger partial charge on any atom is -0.453 e. The van der Waals surface area contributed by atoms with Crippen molar-refractivity contribution in [3.8, 4) is 44.8 Å². The third kappa shape index (κ3) is 10.3.